The minimum Gasteiger partial charge on any atom is -0.388 e. The second-order valence-electron chi connectivity index (χ2n) is 5.73. The summed E-state index contributed by atoms with van der Waals surface area (Å²) in [7, 11) is 1.94. The Hall–Kier alpha value is -2.94. The summed E-state index contributed by atoms with van der Waals surface area (Å²) in [6, 6.07) is 23.1. The summed E-state index contributed by atoms with van der Waals surface area (Å²) in [6.07, 6.45) is 0. The van der Waals surface area contributed by atoms with Crippen LogP contribution in [0.1, 0.15) is 5.56 Å². The van der Waals surface area contributed by atoms with Gasteiger partial charge in [0, 0.05) is 37.0 Å². The lowest BCUT2D eigenvalue weighted by atomic mass is 10.1. The molecule has 0 bridgehead atoms. The highest BCUT2D eigenvalue weighted by molar-refractivity contribution is 5.84. The van der Waals surface area contributed by atoms with E-state index in [4.69, 9.17) is 4.98 Å². The van der Waals surface area contributed by atoms with Crippen molar-refractivity contribution in [3.05, 3.63) is 72.3 Å². The third-order valence-electron chi connectivity index (χ3n) is 4.13. The van der Waals surface area contributed by atoms with Crippen molar-refractivity contribution in [2.45, 2.75) is 6.92 Å². The zero-order valence-electron chi connectivity index (χ0n) is 13.2. The summed E-state index contributed by atoms with van der Waals surface area (Å²) in [6.45, 7) is 2.11. The summed E-state index contributed by atoms with van der Waals surface area (Å²) in [5.41, 5.74) is 7.67. The fraction of sp³-hybridized carbons (Fsp3) is 0.100. The van der Waals surface area contributed by atoms with Crippen LogP contribution >= 0.6 is 0 Å². The number of anilines is 1. The van der Waals surface area contributed by atoms with Crippen molar-refractivity contribution in [1.82, 2.24) is 4.98 Å². The van der Waals surface area contributed by atoms with E-state index in [1.165, 1.54) is 5.56 Å². The summed E-state index contributed by atoms with van der Waals surface area (Å²) in [5, 5.41) is 3.22. The number of benzene rings is 3. The molecule has 0 saturated carbocycles. The van der Waals surface area contributed by atoms with E-state index in [2.05, 4.69) is 77.5 Å². The van der Waals surface area contributed by atoms with E-state index in [0.29, 0.717) is 0 Å². The van der Waals surface area contributed by atoms with Crippen molar-refractivity contribution in [1.29, 1.82) is 0 Å². The average molecular weight is 300 g/mol. The third-order valence-corrected chi connectivity index (χ3v) is 4.13. The molecule has 112 valence electrons. The molecule has 0 amide bonds. The van der Waals surface area contributed by atoms with Gasteiger partial charge >= 0.3 is 0 Å². The largest absolute Gasteiger partial charge is 0.388 e. The maximum absolute atomic E-state index is 4.83. The SMILES string of the molecule is CNc1ccc2nc3ccc(C)cc3[n+](-c3ccccc3)c2c1. The highest BCUT2D eigenvalue weighted by Gasteiger charge is 2.19. The van der Waals surface area contributed by atoms with Crippen LogP contribution in [0.15, 0.2) is 66.7 Å². The van der Waals surface area contributed by atoms with E-state index in [9.17, 15) is 0 Å². The smallest absolute Gasteiger partial charge is 0.239 e. The predicted octanol–water partition coefficient (Wildman–Crippen LogP) is 4.01. The molecule has 3 heteroatoms. The van der Waals surface area contributed by atoms with Crippen LogP contribution in [0.5, 0.6) is 0 Å². The molecular formula is C20H18N3+. The molecule has 0 radical (unpaired) electrons. The van der Waals surface area contributed by atoms with Crippen LogP contribution in [0.25, 0.3) is 27.8 Å². The average Bonchev–Trinajstić information content (AvgIpc) is 2.60. The van der Waals surface area contributed by atoms with Crippen molar-refractivity contribution < 1.29 is 4.57 Å². The molecule has 4 aromatic rings. The van der Waals surface area contributed by atoms with Gasteiger partial charge in [-0.15, -0.1) is 4.57 Å². The van der Waals surface area contributed by atoms with E-state index in [1.54, 1.807) is 0 Å². The zero-order chi connectivity index (χ0) is 15.8. The molecule has 1 N–H and O–H groups in total. The third kappa shape index (κ3) is 2.30. The van der Waals surface area contributed by atoms with Gasteiger partial charge in [0.2, 0.25) is 16.7 Å². The highest BCUT2D eigenvalue weighted by atomic mass is 15.0. The predicted molar refractivity (Wildman–Crippen MR) is 95.1 cm³/mol. The number of para-hydroxylation sites is 1. The molecule has 1 heterocycles. The van der Waals surface area contributed by atoms with E-state index in [1.807, 2.05) is 13.1 Å². The van der Waals surface area contributed by atoms with Crippen molar-refractivity contribution in [3.8, 4) is 5.69 Å². The monoisotopic (exact) mass is 300 g/mol. The Bertz CT molecular complexity index is 1010. The number of hydrogen-bond donors (Lipinski definition) is 1. The van der Waals surface area contributed by atoms with Crippen LogP contribution in [0.4, 0.5) is 5.69 Å². The Morgan fingerprint density at radius 1 is 0.826 bits per heavy atom. The van der Waals surface area contributed by atoms with Gasteiger partial charge in [-0.25, -0.2) is 4.98 Å². The Kier molecular flexibility index (Phi) is 3.19. The maximum Gasteiger partial charge on any atom is 0.239 e. The van der Waals surface area contributed by atoms with Crippen molar-refractivity contribution >= 4 is 27.8 Å². The van der Waals surface area contributed by atoms with Crippen LogP contribution < -0.4 is 9.88 Å². The zero-order valence-corrected chi connectivity index (χ0v) is 13.2. The molecule has 3 aromatic carbocycles. The standard InChI is InChI=1S/C20H17N3/c1-14-8-10-17-19(12-14)23(16-6-4-3-5-7-16)20-13-15(21-2)9-11-18(20)22-17/h3-13H,1-2H3/p+1. The van der Waals surface area contributed by atoms with Gasteiger partial charge in [-0.05, 0) is 30.7 Å². The molecule has 23 heavy (non-hydrogen) atoms. The first-order chi connectivity index (χ1) is 11.3. The quantitative estimate of drug-likeness (QED) is 0.447. The van der Waals surface area contributed by atoms with Gasteiger partial charge < -0.3 is 5.32 Å². The fourth-order valence-electron chi connectivity index (χ4n) is 2.97. The minimum atomic E-state index is 0.990. The minimum absolute atomic E-state index is 0.990. The number of rotatable bonds is 2. The number of hydrogen-bond acceptors (Lipinski definition) is 2. The summed E-state index contributed by atoms with van der Waals surface area (Å²) < 4.78 is 2.28. The lowest BCUT2D eigenvalue weighted by molar-refractivity contribution is -0.538. The Balaban J connectivity index is 2.20. The normalized spacial score (nSPS) is 11.0. The molecule has 0 aliphatic carbocycles. The van der Waals surface area contributed by atoms with Crippen LogP contribution in [0.2, 0.25) is 0 Å². The molecule has 0 spiro atoms. The van der Waals surface area contributed by atoms with E-state index in [-0.39, 0.29) is 0 Å². The molecule has 0 atom stereocenters. The number of fused-ring (bicyclic) bond motifs is 2. The number of nitrogens with zero attached hydrogens (tertiary/aromatic N) is 2. The second-order valence-corrected chi connectivity index (χ2v) is 5.73. The first kappa shape index (κ1) is 13.7. The summed E-state index contributed by atoms with van der Waals surface area (Å²) in [4.78, 5) is 4.83. The molecule has 3 nitrogen and oxygen atoms in total. The molecule has 0 fully saturated rings. The molecule has 0 aliphatic rings. The van der Waals surface area contributed by atoms with E-state index < -0.39 is 0 Å². The Labute approximate surface area is 135 Å². The Morgan fingerprint density at radius 3 is 2.26 bits per heavy atom. The van der Waals surface area contributed by atoms with Gasteiger partial charge in [-0.2, -0.15) is 0 Å². The van der Waals surface area contributed by atoms with Gasteiger partial charge in [-0.1, -0.05) is 24.3 Å². The van der Waals surface area contributed by atoms with Gasteiger partial charge in [0.15, 0.2) is 0 Å². The van der Waals surface area contributed by atoms with E-state index in [0.717, 1.165) is 33.4 Å². The van der Waals surface area contributed by atoms with Crippen LogP contribution in [-0.2, 0) is 0 Å². The molecular weight excluding hydrogens is 282 g/mol. The van der Waals surface area contributed by atoms with Crippen LogP contribution in [0.3, 0.4) is 0 Å². The Morgan fingerprint density at radius 2 is 1.52 bits per heavy atom. The van der Waals surface area contributed by atoms with Gasteiger partial charge in [0.05, 0.1) is 0 Å². The molecule has 0 unspecified atom stereocenters. The van der Waals surface area contributed by atoms with E-state index >= 15 is 0 Å². The summed E-state index contributed by atoms with van der Waals surface area (Å²) >= 11 is 0. The topological polar surface area (TPSA) is 28.8 Å². The first-order valence-electron chi connectivity index (χ1n) is 7.75. The first-order valence-corrected chi connectivity index (χ1v) is 7.75. The number of aromatic nitrogens is 2. The lowest BCUT2D eigenvalue weighted by Crippen LogP contribution is -2.33. The van der Waals surface area contributed by atoms with Crippen molar-refractivity contribution in [2.24, 2.45) is 0 Å². The van der Waals surface area contributed by atoms with Gasteiger partial charge in [0.25, 0.3) is 0 Å². The molecule has 0 saturated heterocycles. The van der Waals surface area contributed by atoms with Gasteiger partial charge in [0.1, 0.15) is 11.0 Å². The molecule has 4 rings (SSSR count). The van der Waals surface area contributed by atoms with Crippen LogP contribution in [-0.4, -0.2) is 12.0 Å². The van der Waals surface area contributed by atoms with Crippen molar-refractivity contribution in [3.63, 3.8) is 0 Å². The maximum atomic E-state index is 4.83. The second kappa shape index (κ2) is 5.36. The van der Waals surface area contributed by atoms with Crippen molar-refractivity contribution in [2.75, 3.05) is 12.4 Å². The van der Waals surface area contributed by atoms with Gasteiger partial charge in [-0.3, -0.25) is 0 Å². The molecule has 0 aliphatic heterocycles. The fourth-order valence-corrected chi connectivity index (χ4v) is 2.97. The number of aryl methyl sites for hydroxylation is 1. The van der Waals surface area contributed by atoms with Crippen LogP contribution in [0, 0.1) is 6.92 Å². The summed E-state index contributed by atoms with van der Waals surface area (Å²) in [5.74, 6) is 0. The molecule has 1 aromatic heterocycles. The number of nitrogens with one attached hydrogen (secondary N) is 1. The lowest BCUT2D eigenvalue weighted by Gasteiger charge is -2.07. The highest BCUT2D eigenvalue weighted by Crippen LogP contribution is 2.21.